The summed E-state index contributed by atoms with van der Waals surface area (Å²) in [6, 6.07) is 15.7. The van der Waals surface area contributed by atoms with E-state index < -0.39 is 0 Å². The van der Waals surface area contributed by atoms with Crippen molar-refractivity contribution < 1.29 is 9.59 Å². The maximum absolute atomic E-state index is 13.7. The summed E-state index contributed by atoms with van der Waals surface area (Å²) < 4.78 is 1.75. The standard InChI is InChI=1S/C34H39N11O2/c1-43-23-27(22-40-43)25-9-14-30(37-20-25)45(34(47)39-19-24-6-3-2-4-7-24)29-12-10-28(11-13-29)41-33-38-21-26(18-35)32(42-33)36-15-17-44-16-5-8-31(44)46/h2-4,6-7,9,14,20-23,28-29H,5,8,10-13,15-17,19H2,1H3,(H,39,47)(H2,36,38,41,42)/t28-,29-. The van der Waals surface area contributed by atoms with Gasteiger partial charge >= 0.3 is 6.03 Å². The Morgan fingerprint density at radius 3 is 2.55 bits per heavy atom. The average molecular weight is 634 g/mol. The zero-order chi connectivity index (χ0) is 32.6. The van der Waals surface area contributed by atoms with E-state index in [0.29, 0.717) is 49.2 Å². The van der Waals surface area contributed by atoms with Crippen LogP contribution < -0.4 is 20.9 Å². The number of benzene rings is 1. The van der Waals surface area contributed by atoms with Gasteiger partial charge < -0.3 is 20.9 Å². The maximum Gasteiger partial charge on any atom is 0.323 e. The van der Waals surface area contributed by atoms with Crippen molar-refractivity contribution in [2.45, 2.75) is 57.2 Å². The molecule has 0 atom stereocenters. The normalized spacial score (nSPS) is 17.6. The van der Waals surface area contributed by atoms with Crippen molar-refractivity contribution in [2.24, 2.45) is 7.05 Å². The van der Waals surface area contributed by atoms with Crippen LogP contribution in [0.25, 0.3) is 11.1 Å². The molecule has 0 bridgehead atoms. The van der Waals surface area contributed by atoms with E-state index in [1.54, 1.807) is 22.0 Å². The van der Waals surface area contributed by atoms with Gasteiger partial charge in [0.15, 0.2) is 0 Å². The van der Waals surface area contributed by atoms with E-state index >= 15 is 0 Å². The molecule has 3 amide bonds. The Morgan fingerprint density at radius 1 is 1.04 bits per heavy atom. The molecule has 13 nitrogen and oxygen atoms in total. The van der Waals surface area contributed by atoms with E-state index in [0.717, 1.165) is 55.3 Å². The van der Waals surface area contributed by atoms with Gasteiger partial charge in [-0.05, 0) is 49.8 Å². The Bertz CT molecular complexity index is 1710. The molecule has 4 aromatic rings. The van der Waals surface area contributed by atoms with E-state index in [1.165, 1.54) is 6.20 Å². The Balaban J connectivity index is 1.10. The fourth-order valence-corrected chi connectivity index (χ4v) is 6.16. The van der Waals surface area contributed by atoms with E-state index in [2.05, 4.69) is 37.1 Å². The molecule has 13 heteroatoms. The number of amides is 3. The van der Waals surface area contributed by atoms with Crippen LogP contribution in [0.5, 0.6) is 0 Å². The molecule has 4 heterocycles. The van der Waals surface area contributed by atoms with E-state index in [1.807, 2.05) is 60.6 Å². The number of rotatable bonds is 11. The third kappa shape index (κ3) is 7.84. The van der Waals surface area contributed by atoms with Gasteiger partial charge in [-0.3, -0.25) is 14.4 Å². The Labute approximate surface area is 274 Å². The first kappa shape index (κ1) is 31.5. The quantitative estimate of drug-likeness (QED) is 0.219. The number of nitrogens with one attached hydrogen (secondary N) is 3. The molecule has 2 aliphatic rings. The molecule has 1 aliphatic carbocycles. The summed E-state index contributed by atoms with van der Waals surface area (Å²) in [6.45, 7) is 2.25. The highest BCUT2D eigenvalue weighted by Crippen LogP contribution is 2.30. The SMILES string of the molecule is Cn1cc(-c2ccc(N(C(=O)NCc3ccccc3)[C@H]3CC[C@H](Nc4ncc(C#N)c(NCCN5CCCC5=O)n4)CC3)nc2)cn1. The first-order valence-electron chi connectivity index (χ1n) is 16.1. The van der Waals surface area contributed by atoms with E-state index in [9.17, 15) is 14.9 Å². The zero-order valence-corrected chi connectivity index (χ0v) is 26.5. The predicted molar refractivity (Wildman–Crippen MR) is 178 cm³/mol. The average Bonchev–Trinajstić information content (AvgIpc) is 3.73. The number of carbonyl (C=O) groups excluding carboxylic acids is 2. The van der Waals surface area contributed by atoms with E-state index in [4.69, 9.17) is 4.98 Å². The summed E-state index contributed by atoms with van der Waals surface area (Å²) >= 11 is 0. The number of hydrogen-bond acceptors (Lipinski definition) is 9. The highest BCUT2D eigenvalue weighted by molar-refractivity contribution is 5.91. The fraction of sp³-hybridized carbons (Fsp3) is 0.382. The summed E-state index contributed by atoms with van der Waals surface area (Å²) in [5.74, 6) is 1.66. The van der Waals surface area contributed by atoms with Crippen LogP contribution in [0.1, 0.15) is 49.7 Å². The van der Waals surface area contributed by atoms with Crippen molar-refractivity contribution in [3.05, 3.63) is 78.4 Å². The van der Waals surface area contributed by atoms with Crippen LogP contribution in [-0.4, -0.2) is 73.3 Å². The number of nitrogens with zero attached hydrogens (tertiary/aromatic N) is 8. The second-order valence-electron chi connectivity index (χ2n) is 12.0. The molecule has 47 heavy (non-hydrogen) atoms. The Hall–Kier alpha value is -5.51. The van der Waals surface area contributed by atoms with Crippen molar-refractivity contribution in [3.63, 3.8) is 0 Å². The van der Waals surface area contributed by atoms with Crippen molar-refractivity contribution in [2.75, 3.05) is 35.2 Å². The van der Waals surface area contributed by atoms with Crippen molar-refractivity contribution in [3.8, 4) is 17.2 Å². The monoisotopic (exact) mass is 633 g/mol. The molecule has 6 rings (SSSR count). The summed E-state index contributed by atoms with van der Waals surface area (Å²) in [5, 5.41) is 23.6. The van der Waals surface area contributed by atoms with Gasteiger partial charge in [-0.25, -0.2) is 14.8 Å². The topological polar surface area (TPSA) is 157 Å². The number of carbonyl (C=O) groups is 2. The van der Waals surface area contributed by atoms with Gasteiger partial charge in [0.05, 0.1) is 12.4 Å². The molecule has 1 saturated heterocycles. The van der Waals surface area contributed by atoms with Gasteiger partial charge in [-0.1, -0.05) is 30.3 Å². The third-order valence-corrected chi connectivity index (χ3v) is 8.69. The molecule has 0 spiro atoms. The van der Waals surface area contributed by atoms with Gasteiger partial charge in [0, 0.05) is 75.3 Å². The van der Waals surface area contributed by atoms with Gasteiger partial charge in [0.25, 0.3) is 0 Å². The molecule has 1 saturated carbocycles. The first-order valence-corrected chi connectivity index (χ1v) is 16.1. The van der Waals surface area contributed by atoms with Crippen LogP contribution in [0, 0.1) is 11.3 Å². The minimum Gasteiger partial charge on any atom is -0.367 e. The summed E-state index contributed by atoms with van der Waals surface area (Å²) in [7, 11) is 1.87. The van der Waals surface area contributed by atoms with Crippen LogP contribution in [0.3, 0.4) is 0 Å². The highest BCUT2D eigenvalue weighted by atomic mass is 16.2. The molecule has 1 aliphatic heterocycles. The van der Waals surface area contributed by atoms with Crippen LogP contribution in [0.2, 0.25) is 0 Å². The first-order chi connectivity index (χ1) is 23.0. The maximum atomic E-state index is 13.7. The summed E-state index contributed by atoms with van der Waals surface area (Å²) in [4.78, 5) is 42.9. The molecule has 3 N–H and O–H groups in total. The molecule has 1 aromatic carbocycles. The second-order valence-corrected chi connectivity index (χ2v) is 12.0. The summed E-state index contributed by atoms with van der Waals surface area (Å²) in [6.07, 6.45) is 11.6. The van der Waals surface area contributed by atoms with Crippen molar-refractivity contribution >= 4 is 29.5 Å². The van der Waals surface area contributed by atoms with Gasteiger partial charge in [-0.2, -0.15) is 15.3 Å². The Morgan fingerprint density at radius 2 is 1.87 bits per heavy atom. The van der Waals surface area contributed by atoms with Gasteiger partial charge in [-0.15, -0.1) is 0 Å². The number of likely N-dealkylation sites (tertiary alicyclic amines) is 1. The number of aromatic nitrogens is 5. The third-order valence-electron chi connectivity index (χ3n) is 8.69. The van der Waals surface area contributed by atoms with Crippen LogP contribution in [-0.2, 0) is 18.4 Å². The number of aryl methyl sites for hydroxylation is 1. The van der Waals surface area contributed by atoms with Crippen molar-refractivity contribution in [1.82, 2.24) is 34.9 Å². The van der Waals surface area contributed by atoms with E-state index in [-0.39, 0.29) is 24.0 Å². The zero-order valence-electron chi connectivity index (χ0n) is 26.5. The number of urea groups is 1. The number of nitriles is 1. The number of anilines is 3. The van der Waals surface area contributed by atoms with Crippen LogP contribution >= 0.6 is 0 Å². The lowest BCUT2D eigenvalue weighted by Gasteiger charge is -2.36. The molecule has 242 valence electrons. The molecular weight excluding hydrogens is 594 g/mol. The molecule has 0 unspecified atom stereocenters. The molecule has 2 fully saturated rings. The van der Waals surface area contributed by atoms with Gasteiger partial charge in [0.2, 0.25) is 11.9 Å². The fourth-order valence-electron chi connectivity index (χ4n) is 6.16. The number of hydrogen-bond donors (Lipinski definition) is 3. The largest absolute Gasteiger partial charge is 0.367 e. The lowest BCUT2D eigenvalue weighted by Crippen LogP contribution is -2.49. The molecular formula is C34H39N11O2. The minimum absolute atomic E-state index is 0.0482. The van der Waals surface area contributed by atoms with Crippen LogP contribution in [0.4, 0.5) is 22.4 Å². The van der Waals surface area contributed by atoms with Gasteiger partial charge in [0.1, 0.15) is 23.3 Å². The molecule has 0 radical (unpaired) electrons. The lowest BCUT2D eigenvalue weighted by molar-refractivity contribution is -0.127. The van der Waals surface area contributed by atoms with Crippen molar-refractivity contribution in [1.29, 1.82) is 5.26 Å². The second kappa shape index (κ2) is 14.7. The molecule has 3 aromatic heterocycles. The highest BCUT2D eigenvalue weighted by Gasteiger charge is 2.31. The predicted octanol–water partition coefficient (Wildman–Crippen LogP) is 4.32. The smallest absolute Gasteiger partial charge is 0.323 e. The number of pyridine rings is 1. The summed E-state index contributed by atoms with van der Waals surface area (Å²) in [5.41, 5.74) is 3.27. The lowest BCUT2D eigenvalue weighted by atomic mass is 9.90. The Kier molecular flexibility index (Phi) is 9.86. The van der Waals surface area contributed by atoms with Crippen LogP contribution in [0.15, 0.2) is 67.3 Å². The minimum atomic E-state index is -0.186.